The van der Waals surface area contributed by atoms with Crippen LogP contribution in [0.25, 0.3) is 0 Å². The monoisotopic (exact) mass is 352 g/mol. The van der Waals surface area contributed by atoms with Gasteiger partial charge in [-0.1, -0.05) is 24.3 Å². The van der Waals surface area contributed by atoms with E-state index in [-0.39, 0.29) is 17.5 Å². The van der Waals surface area contributed by atoms with Crippen LogP contribution in [-0.4, -0.2) is 33.9 Å². The van der Waals surface area contributed by atoms with E-state index < -0.39 is 0 Å². The Morgan fingerprint density at radius 2 is 2.12 bits per heavy atom. The minimum absolute atomic E-state index is 0.138. The molecule has 1 aromatic carbocycles. The molecule has 26 heavy (non-hydrogen) atoms. The predicted octanol–water partition coefficient (Wildman–Crippen LogP) is 2.42. The van der Waals surface area contributed by atoms with Crippen LogP contribution in [0.3, 0.4) is 0 Å². The average molecular weight is 352 g/mol. The molecule has 1 fully saturated rings. The molecule has 0 bridgehead atoms. The van der Waals surface area contributed by atoms with Gasteiger partial charge in [0, 0.05) is 31.3 Å². The zero-order valence-corrected chi connectivity index (χ0v) is 14.8. The quantitative estimate of drug-likeness (QED) is 0.837. The molecule has 2 heterocycles. The maximum Gasteiger partial charge on any atom is 0.252 e. The summed E-state index contributed by atoms with van der Waals surface area (Å²) in [6.07, 6.45) is 5.20. The smallest absolute Gasteiger partial charge is 0.252 e. The second-order valence-electron chi connectivity index (χ2n) is 7.11. The summed E-state index contributed by atoms with van der Waals surface area (Å²) in [5, 5.41) is 3.39. The Morgan fingerprint density at radius 1 is 1.23 bits per heavy atom. The van der Waals surface area contributed by atoms with E-state index in [0.29, 0.717) is 18.8 Å². The van der Waals surface area contributed by atoms with Gasteiger partial charge in [0.15, 0.2) is 0 Å². The molecule has 1 atom stereocenters. The lowest BCUT2D eigenvalue weighted by Crippen LogP contribution is -2.26. The number of rotatable bonds is 6. The van der Waals surface area contributed by atoms with Crippen molar-refractivity contribution >= 4 is 11.9 Å². The zero-order chi connectivity index (χ0) is 17.9. The number of aromatic amines is 1. The van der Waals surface area contributed by atoms with Gasteiger partial charge in [0.2, 0.25) is 11.9 Å². The van der Waals surface area contributed by atoms with Gasteiger partial charge in [0.05, 0.1) is 6.04 Å². The van der Waals surface area contributed by atoms with E-state index in [1.54, 1.807) is 6.07 Å². The summed E-state index contributed by atoms with van der Waals surface area (Å²) in [4.78, 5) is 33.0. The number of carbonyl (C=O) groups excluding carboxylic acids is 1. The molecule has 1 unspecified atom stereocenters. The Morgan fingerprint density at radius 3 is 2.96 bits per heavy atom. The molecule has 2 aliphatic rings. The van der Waals surface area contributed by atoms with Crippen molar-refractivity contribution in [2.24, 2.45) is 0 Å². The van der Waals surface area contributed by atoms with Crippen LogP contribution < -0.4 is 10.9 Å². The Labute approximate surface area is 152 Å². The third kappa shape index (κ3) is 3.64. The van der Waals surface area contributed by atoms with Crippen molar-refractivity contribution in [2.45, 2.75) is 44.6 Å². The van der Waals surface area contributed by atoms with Crippen molar-refractivity contribution in [3.05, 3.63) is 57.5 Å². The van der Waals surface area contributed by atoms with Gasteiger partial charge in [-0.05, 0) is 43.2 Å². The number of aromatic nitrogens is 2. The number of hydrogen-bond donors (Lipinski definition) is 2. The van der Waals surface area contributed by atoms with Crippen molar-refractivity contribution in [3.63, 3.8) is 0 Å². The van der Waals surface area contributed by atoms with E-state index in [1.807, 2.05) is 11.0 Å². The standard InChI is InChI=1S/C20H24N4O2/c25-18-13-15(6-3-11-24-12-4-8-19(24)26)21-20(23-18)22-17-10-9-14-5-1-2-7-16(14)17/h1-2,5,7,13,17H,3-4,6,8-12H2,(H2,21,22,23,25). The fraction of sp³-hybridized carbons (Fsp3) is 0.450. The van der Waals surface area contributed by atoms with E-state index in [0.717, 1.165) is 44.5 Å². The lowest BCUT2D eigenvalue weighted by molar-refractivity contribution is -0.127. The number of anilines is 1. The topological polar surface area (TPSA) is 78.1 Å². The van der Waals surface area contributed by atoms with Crippen molar-refractivity contribution in [1.29, 1.82) is 0 Å². The molecule has 2 N–H and O–H groups in total. The van der Waals surface area contributed by atoms with Crippen LogP contribution in [0.2, 0.25) is 0 Å². The second kappa shape index (κ2) is 7.32. The minimum Gasteiger partial charge on any atom is -0.349 e. The predicted molar refractivity (Wildman–Crippen MR) is 100 cm³/mol. The molecule has 4 rings (SSSR count). The fourth-order valence-corrected chi connectivity index (χ4v) is 3.97. The van der Waals surface area contributed by atoms with Crippen LogP contribution in [-0.2, 0) is 17.6 Å². The van der Waals surface area contributed by atoms with Crippen LogP contribution in [0.4, 0.5) is 5.95 Å². The Kier molecular flexibility index (Phi) is 4.73. The van der Waals surface area contributed by atoms with Crippen LogP contribution in [0.5, 0.6) is 0 Å². The third-order valence-electron chi connectivity index (χ3n) is 5.27. The summed E-state index contributed by atoms with van der Waals surface area (Å²) in [6.45, 7) is 1.60. The van der Waals surface area contributed by atoms with Crippen molar-refractivity contribution < 1.29 is 4.79 Å². The van der Waals surface area contributed by atoms with E-state index >= 15 is 0 Å². The number of benzene rings is 1. The number of likely N-dealkylation sites (tertiary alicyclic amines) is 1. The molecule has 1 saturated heterocycles. The van der Waals surface area contributed by atoms with Crippen LogP contribution in [0, 0.1) is 0 Å². The summed E-state index contributed by atoms with van der Waals surface area (Å²) in [5.74, 6) is 0.776. The Bertz CT molecular complexity index is 861. The van der Waals surface area contributed by atoms with Gasteiger partial charge < -0.3 is 10.2 Å². The van der Waals surface area contributed by atoms with E-state index in [2.05, 4.69) is 33.5 Å². The summed E-state index contributed by atoms with van der Waals surface area (Å²) in [5.41, 5.74) is 3.28. The lowest BCUT2D eigenvalue weighted by atomic mass is 10.1. The number of amides is 1. The van der Waals surface area contributed by atoms with Crippen LogP contribution >= 0.6 is 0 Å². The number of nitrogens with zero attached hydrogens (tertiary/aromatic N) is 2. The maximum absolute atomic E-state index is 12.0. The molecular formula is C20H24N4O2. The summed E-state index contributed by atoms with van der Waals surface area (Å²) in [7, 11) is 0. The number of nitrogens with one attached hydrogen (secondary N) is 2. The highest BCUT2D eigenvalue weighted by atomic mass is 16.2. The second-order valence-corrected chi connectivity index (χ2v) is 7.11. The SMILES string of the molecule is O=C1CCCN1CCCc1cc(=O)[nH]c(NC2CCc3ccccc32)n1. The van der Waals surface area contributed by atoms with Gasteiger partial charge in [-0.25, -0.2) is 4.98 Å². The fourth-order valence-electron chi connectivity index (χ4n) is 3.97. The van der Waals surface area contributed by atoms with Gasteiger partial charge in [-0.15, -0.1) is 0 Å². The molecule has 0 spiro atoms. The largest absolute Gasteiger partial charge is 0.349 e. The van der Waals surface area contributed by atoms with Gasteiger partial charge in [0.1, 0.15) is 0 Å². The summed E-state index contributed by atoms with van der Waals surface area (Å²) < 4.78 is 0. The molecular weight excluding hydrogens is 328 g/mol. The molecule has 136 valence electrons. The minimum atomic E-state index is -0.138. The first-order chi connectivity index (χ1) is 12.7. The van der Waals surface area contributed by atoms with Gasteiger partial charge in [0.25, 0.3) is 5.56 Å². The zero-order valence-electron chi connectivity index (χ0n) is 14.8. The normalized spacial score (nSPS) is 19.0. The molecule has 6 nitrogen and oxygen atoms in total. The van der Waals surface area contributed by atoms with Gasteiger partial charge in [-0.3, -0.25) is 14.6 Å². The molecule has 1 amide bonds. The van der Waals surface area contributed by atoms with Crippen molar-refractivity contribution in [2.75, 3.05) is 18.4 Å². The van der Waals surface area contributed by atoms with E-state index in [1.165, 1.54) is 11.1 Å². The number of aryl methyl sites for hydroxylation is 2. The molecule has 1 aromatic heterocycles. The number of H-pyrrole nitrogens is 1. The number of fused-ring (bicyclic) bond motifs is 1. The number of hydrogen-bond acceptors (Lipinski definition) is 4. The Hall–Kier alpha value is -2.63. The highest BCUT2D eigenvalue weighted by Gasteiger charge is 2.22. The molecule has 2 aromatic rings. The first-order valence-corrected chi connectivity index (χ1v) is 9.41. The van der Waals surface area contributed by atoms with Crippen LogP contribution in [0.1, 0.15) is 48.5 Å². The van der Waals surface area contributed by atoms with E-state index in [9.17, 15) is 9.59 Å². The summed E-state index contributed by atoms with van der Waals surface area (Å²) >= 11 is 0. The maximum atomic E-state index is 12.0. The highest BCUT2D eigenvalue weighted by molar-refractivity contribution is 5.77. The third-order valence-corrected chi connectivity index (χ3v) is 5.27. The number of carbonyl (C=O) groups is 1. The first-order valence-electron chi connectivity index (χ1n) is 9.41. The van der Waals surface area contributed by atoms with Crippen molar-refractivity contribution in [3.8, 4) is 0 Å². The van der Waals surface area contributed by atoms with Gasteiger partial charge in [-0.2, -0.15) is 0 Å². The van der Waals surface area contributed by atoms with Crippen molar-refractivity contribution in [1.82, 2.24) is 14.9 Å². The Balaban J connectivity index is 1.40. The lowest BCUT2D eigenvalue weighted by Gasteiger charge is -2.16. The van der Waals surface area contributed by atoms with Crippen LogP contribution in [0.15, 0.2) is 35.1 Å². The highest BCUT2D eigenvalue weighted by Crippen LogP contribution is 2.32. The molecule has 1 aliphatic carbocycles. The summed E-state index contributed by atoms with van der Waals surface area (Å²) in [6, 6.07) is 10.1. The van der Waals surface area contributed by atoms with E-state index in [4.69, 9.17) is 0 Å². The molecule has 0 radical (unpaired) electrons. The average Bonchev–Trinajstić information content (AvgIpc) is 3.21. The molecule has 6 heteroatoms. The molecule has 0 saturated carbocycles. The molecule has 1 aliphatic heterocycles. The first kappa shape index (κ1) is 16.8. The van der Waals surface area contributed by atoms with Gasteiger partial charge >= 0.3 is 0 Å².